The normalized spacial score (nSPS) is 20.8. The Balaban J connectivity index is 2.64. The van der Waals surface area contributed by atoms with E-state index in [0.29, 0.717) is 5.54 Å². The van der Waals surface area contributed by atoms with Gasteiger partial charge in [-0.2, -0.15) is 0 Å². The molecule has 0 aromatic heterocycles. The molecule has 0 aromatic rings. The zero-order chi connectivity index (χ0) is 10.4. The molecule has 0 amide bonds. The van der Waals surface area contributed by atoms with E-state index in [1.807, 2.05) is 0 Å². The first-order valence-electron chi connectivity index (χ1n) is 6.25. The van der Waals surface area contributed by atoms with Crippen molar-refractivity contribution in [2.75, 3.05) is 26.2 Å². The smallest absolute Gasteiger partial charge is 0.0202 e. The molecule has 1 fully saturated rings. The Morgan fingerprint density at radius 3 is 2.21 bits per heavy atom. The van der Waals surface area contributed by atoms with Gasteiger partial charge in [0.2, 0.25) is 0 Å². The van der Waals surface area contributed by atoms with Crippen LogP contribution >= 0.6 is 0 Å². The molecular formula is C12H26N2. The summed E-state index contributed by atoms with van der Waals surface area (Å²) in [7, 11) is 0. The second-order valence-electron chi connectivity index (χ2n) is 4.38. The quantitative estimate of drug-likeness (QED) is 0.745. The lowest BCUT2D eigenvalue weighted by Crippen LogP contribution is -2.49. The standard InChI is InChI=1S/C12H26N2/c1-4-12(5-2,6-3)14-10-7-8-13-9-11-14/h13H,4-11H2,1-3H3. The summed E-state index contributed by atoms with van der Waals surface area (Å²) in [5, 5.41) is 3.48. The van der Waals surface area contributed by atoms with Crippen LogP contribution in [0.15, 0.2) is 0 Å². The molecule has 2 heteroatoms. The maximum Gasteiger partial charge on any atom is 0.0202 e. The minimum absolute atomic E-state index is 0.478. The molecule has 1 saturated heterocycles. The van der Waals surface area contributed by atoms with Crippen LogP contribution in [0.2, 0.25) is 0 Å². The van der Waals surface area contributed by atoms with Gasteiger partial charge in [0.1, 0.15) is 0 Å². The third-order valence-corrected chi connectivity index (χ3v) is 3.99. The Bertz CT molecular complexity index is 136. The molecule has 0 spiro atoms. The number of nitrogens with zero attached hydrogens (tertiary/aromatic N) is 1. The molecule has 1 aliphatic heterocycles. The Labute approximate surface area is 89.1 Å². The highest BCUT2D eigenvalue weighted by atomic mass is 15.2. The molecule has 0 atom stereocenters. The van der Waals surface area contributed by atoms with Gasteiger partial charge in [0.15, 0.2) is 0 Å². The van der Waals surface area contributed by atoms with E-state index >= 15 is 0 Å². The molecule has 1 aliphatic rings. The molecule has 0 saturated carbocycles. The van der Waals surface area contributed by atoms with Gasteiger partial charge in [-0.1, -0.05) is 20.8 Å². The van der Waals surface area contributed by atoms with Crippen LogP contribution in [-0.2, 0) is 0 Å². The summed E-state index contributed by atoms with van der Waals surface area (Å²) < 4.78 is 0. The van der Waals surface area contributed by atoms with Crippen LogP contribution < -0.4 is 5.32 Å². The van der Waals surface area contributed by atoms with Gasteiger partial charge < -0.3 is 5.32 Å². The Morgan fingerprint density at radius 2 is 1.64 bits per heavy atom. The summed E-state index contributed by atoms with van der Waals surface area (Å²) >= 11 is 0. The molecule has 14 heavy (non-hydrogen) atoms. The van der Waals surface area contributed by atoms with Crippen molar-refractivity contribution in [3.63, 3.8) is 0 Å². The van der Waals surface area contributed by atoms with Crippen molar-refractivity contribution in [3.05, 3.63) is 0 Å². The van der Waals surface area contributed by atoms with E-state index < -0.39 is 0 Å². The molecule has 0 unspecified atom stereocenters. The van der Waals surface area contributed by atoms with E-state index in [1.165, 1.54) is 51.9 Å². The number of hydrogen-bond acceptors (Lipinski definition) is 2. The molecule has 0 aromatic carbocycles. The molecule has 0 bridgehead atoms. The second-order valence-corrected chi connectivity index (χ2v) is 4.38. The second kappa shape index (κ2) is 5.72. The van der Waals surface area contributed by atoms with Crippen LogP contribution in [-0.4, -0.2) is 36.6 Å². The van der Waals surface area contributed by atoms with Crippen molar-refractivity contribution in [1.29, 1.82) is 0 Å². The van der Waals surface area contributed by atoms with E-state index in [2.05, 4.69) is 31.0 Å². The lowest BCUT2D eigenvalue weighted by Gasteiger charge is -2.42. The maximum absolute atomic E-state index is 3.48. The molecule has 1 rings (SSSR count). The van der Waals surface area contributed by atoms with Crippen LogP contribution in [0.1, 0.15) is 46.5 Å². The Hall–Kier alpha value is -0.0800. The molecule has 1 N–H and O–H groups in total. The first kappa shape index (κ1) is 12.0. The lowest BCUT2D eigenvalue weighted by molar-refractivity contribution is 0.0806. The van der Waals surface area contributed by atoms with Gasteiger partial charge in [-0.15, -0.1) is 0 Å². The minimum atomic E-state index is 0.478. The highest BCUT2D eigenvalue weighted by Crippen LogP contribution is 2.27. The first-order valence-corrected chi connectivity index (χ1v) is 6.25. The van der Waals surface area contributed by atoms with Gasteiger partial charge in [0.05, 0.1) is 0 Å². The summed E-state index contributed by atoms with van der Waals surface area (Å²) in [5.74, 6) is 0. The number of nitrogens with one attached hydrogen (secondary N) is 1. The molecule has 1 heterocycles. The zero-order valence-electron chi connectivity index (χ0n) is 10.1. The third kappa shape index (κ3) is 2.48. The average Bonchev–Trinajstić information content (AvgIpc) is 2.51. The van der Waals surface area contributed by atoms with E-state index in [9.17, 15) is 0 Å². The first-order chi connectivity index (χ1) is 6.79. The van der Waals surface area contributed by atoms with Crippen molar-refractivity contribution in [2.24, 2.45) is 0 Å². The van der Waals surface area contributed by atoms with Crippen LogP contribution in [0.4, 0.5) is 0 Å². The van der Waals surface area contributed by atoms with Crippen molar-refractivity contribution < 1.29 is 0 Å². The third-order valence-electron chi connectivity index (χ3n) is 3.99. The largest absolute Gasteiger partial charge is 0.315 e. The molecular weight excluding hydrogens is 172 g/mol. The highest BCUT2D eigenvalue weighted by Gasteiger charge is 2.31. The maximum atomic E-state index is 3.48. The molecule has 0 radical (unpaired) electrons. The van der Waals surface area contributed by atoms with Crippen molar-refractivity contribution in [2.45, 2.75) is 52.0 Å². The van der Waals surface area contributed by atoms with Gasteiger partial charge >= 0.3 is 0 Å². The van der Waals surface area contributed by atoms with E-state index in [0.717, 1.165) is 0 Å². The summed E-state index contributed by atoms with van der Waals surface area (Å²) in [6.45, 7) is 11.9. The van der Waals surface area contributed by atoms with Crippen LogP contribution in [0.5, 0.6) is 0 Å². The van der Waals surface area contributed by atoms with Crippen LogP contribution in [0, 0.1) is 0 Å². The fourth-order valence-electron chi connectivity index (χ4n) is 2.74. The Morgan fingerprint density at radius 1 is 1.00 bits per heavy atom. The zero-order valence-corrected chi connectivity index (χ0v) is 10.1. The molecule has 2 nitrogen and oxygen atoms in total. The number of hydrogen-bond donors (Lipinski definition) is 1. The molecule has 0 aliphatic carbocycles. The lowest BCUT2D eigenvalue weighted by atomic mass is 9.87. The predicted octanol–water partition coefficient (Wildman–Crippen LogP) is 2.25. The average molecular weight is 198 g/mol. The van der Waals surface area contributed by atoms with Crippen LogP contribution in [0.3, 0.4) is 0 Å². The van der Waals surface area contributed by atoms with Crippen molar-refractivity contribution in [1.82, 2.24) is 10.2 Å². The fourth-order valence-corrected chi connectivity index (χ4v) is 2.74. The topological polar surface area (TPSA) is 15.3 Å². The molecule has 84 valence electrons. The van der Waals surface area contributed by atoms with E-state index in [4.69, 9.17) is 0 Å². The van der Waals surface area contributed by atoms with Gasteiger partial charge in [0, 0.05) is 18.6 Å². The van der Waals surface area contributed by atoms with Gasteiger partial charge in [-0.05, 0) is 38.8 Å². The van der Waals surface area contributed by atoms with E-state index in [-0.39, 0.29) is 0 Å². The van der Waals surface area contributed by atoms with Crippen LogP contribution in [0.25, 0.3) is 0 Å². The minimum Gasteiger partial charge on any atom is -0.315 e. The van der Waals surface area contributed by atoms with Gasteiger partial charge in [-0.3, -0.25) is 4.90 Å². The Kier molecular flexibility index (Phi) is 4.90. The highest BCUT2D eigenvalue weighted by molar-refractivity contribution is 4.88. The monoisotopic (exact) mass is 198 g/mol. The summed E-state index contributed by atoms with van der Waals surface area (Å²) in [5.41, 5.74) is 0.478. The van der Waals surface area contributed by atoms with Gasteiger partial charge in [0.25, 0.3) is 0 Å². The van der Waals surface area contributed by atoms with Crippen molar-refractivity contribution >= 4 is 0 Å². The number of rotatable bonds is 4. The van der Waals surface area contributed by atoms with Gasteiger partial charge in [-0.25, -0.2) is 0 Å². The van der Waals surface area contributed by atoms with Crippen molar-refractivity contribution in [3.8, 4) is 0 Å². The summed E-state index contributed by atoms with van der Waals surface area (Å²) in [4.78, 5) is 2.72. The van der Waals surface area contributed by atoms with E-state index in [1.54, 1.807) is 0 Å². The summed E-state index contributed by atoms with van der Waals surface area (Å²) in [6, 6.07) is 0. The summed E-state index contributed by atoms with van der Waals surface area (Å²) in [6.07, 6.45) is 5.18. The SMILES string of the molecule is CCC(CC)(CC)N1CCCNCC1. The predicted molar refractivity (Wildman–Crippen MR) is 62.7 cm³/mol. The fraction of sp³-hybridized carbons (Fsp3) is 1.00.